The van der Waals surface area contributed by atoms with Crippen molar-refractivity contribution in [3.8, 4) is 0 Å². The summed E-state index contributed by atoms with van der Waals surface area (Å²) in [5.41, 5.74) is 2.65. The predicted octanol–water partition coefficient (Wildman–Crippen LogP) is 4.01. The fourth-order valence-corrected chi connectivity index (χ4v) is 3.14. The molecule has 2 nitrogen and oxygen atoms in total. The van der Waals surface area contributed by atoms with Crippen LogP contribution in [0.4, 0.5) is 4.39 Å². The Labute approximate surface area is 135 Å². The molecule has 0 radical (unpaired) electrons. The number of aromatic nitrogens is 1. The van der Waals surface area contributed by atoms with Gasteiger partial charge in [0.05, 0.1) is 0 Å². The minimum atomic E-state index is -0.266. The monoisotopic (exact) mass is 318 g/mol. The van der Waals surface area contributed by atoms with E-state index in [0.717, 1.165) is 30.9 Å². The second-order valence-electron chi connectivity index (χ2n) is 5.93. The molecule has 0 bridgehead atoms. The van der Waals surface area contributed by atoms with Crippen molar-refractivity contribution in [2.75, 3.05) is 13.1 Å². The molecule has 1 aliphatic rings. The molecule has 3 rings (SSSR count). The third-order valence-electron chi connectivity index (χ3n) is 4.21. The number of halogens is 2. The third kappa shape index (κ3) is 4.05. The zero-order valence-electron chi connectivity index (χ0n) is 12.5. The van der Waals surface area contributed by atoms with E-state index in [2.05, 4.69) is 11.4 Å². The van der Waals surface area contributed by atoms with Gasteiger partial charge in [-0.3, -0.25) is 4.98 Å². The summed E-state index contributed by atoms with van der Waals surface area (Å²) < 4.78 is 13.9. The number of nitrogens with zero attached hydrogens (tertiary/aromatic N) is 1. The SMILES string of the molecule is Fc1cc(Cl)ccc1Cc1cccc(CC2CCNCC2)n1. The lowest BCUT2D eigenvalue weighted by molar-refractivity contribution is 0.370. The molecule has 0 aliphatic carbocycles. The number of pyridine rings is 1. The maximum atomic E-state index is 13.9. The molecule has 4 heteroatoms. The van der Waals surface area contributed by atoms with Gasteiger partial charge in [-0.1, -0.05) is 23.7 Å². The van der Waals surface area contributed by atoms with Crippen molar-refractivity contribution in [3.63, 3.8) is 0 Å². The number of benzene rings is 1. The molecule has 0 amide bonds. The Morgan fingerprint density at radius 3 is 2.68 bits per heavy atom. The van der Waals surface area contributed by atoms with Gasteiger partial charge in [-0.2, -0.15) is 0 Å². The van der Waals surface area contributed by atoms with Crippen LogP contribution in [0.5, 0.6) is 0 Å². The van der Waals surface area contributed by atoms with Gasteiger partial charge in [0.25, 0.3) is 0 Å². The molecule has 0 unspecified atom stereocenters. The number of hydrogen-bond acceptors (Lipinski definition) is 2. The topological polar surface area (TPSA) is 24.9 Å². The van der Waals surface area contributed by atoms with Gasteiger partial charge in [0.1, 0.15) is 5.82 Å². The first-order valence-corrected chi connectivity index (χ1v) is 8.18. The van der Waals surface area contributed by atoms with Gasteiger partial charge in [0, 0.05) is 22.8 Å². The first-order valence-electron chi connectivity index (χ1n) is 7.80. The van der Waals surface area contributed by atoms with E-state index in [1.807, 2.05) is 12.1 Å². The van der Waals surface area contributed by atoms with E-state index >= 15 is 0 Å². The molecule has 0 saturated carbocycles. The first-order chi connectivity index (χ1) is 10.7. The van der Waals surface area contributed by atoms with Crippen LogP contribution >= 0.6 is 11.6 Å². The normalized spacial score (nSPS) is 15.9. The van der Waals surface area contributed by atoms with Crippen LogP contribution < -0.4 is 5.32 Å². The fourth-order valence-electron chi connectivity index (χ4n) is 2.98. The zero-order chi connectivity index (χ0) is 15.4. The van der Waals surface area contributed by atoms with Crippen LogP contribution in [-0.2, 0) is 12.8 Å². The lowest BCUT2D eigenvalue weighted by atomic mass is 9.93. The summed E-state index contributed by atoms with van der Waals surface area (Å²) in [6.45, 7) is 2.20. The molecule has 1 N–H and O–H groups in total. The highest BCUT2D eigenvalue weighted by atomic mass is 35.5. The van der Waals surface area contributed by atoms with Crippen molar-refractivity contribution >= 4 is 11.6 Å². The molecule has 1 aromatic carbocycles. The minimum Gasteiger partial charge on any atom is -0.317 e. The van der Waals surface area contributed by atoms with Crippen LogP contribution in [0.25, 0.3) is 0 Å². The zero-order valence-corrected chi connectivity index (χ0v) is 13.2. The Hall–Kier alpha value is -1.45. The number of hydrogen-bond donors (Lipinski definition) is 1. The summed E-state index contributed by atoms with van der Waals surface area (Å²) in [5.74, 6) is 0.439. The maximum Gasteiger partial charge on any atom is 0.128 e. The molecule has 0 spiro atoms. The Morgan fingerprint density at radius 1 is 1.14 bits per heavy atom. The van der Waals surface area contributed by atoms with E-state index in [-0.39, 0.29) is 5.82 Å². The average molecular weight is 319 g/mol. The molecule has 1 aromatic heterocycles. The molecule has 1 fully saturated rings. The van der Waals surface area contributed by atoms with Gasteiger partial charge in [-0.05, 0) is 68.1 Å². The van der Waals surface area contributed by atoms with E-state index < -0.39 is 0 Å². The van der Waals surface area contributed by atoms with E-state index in [1.165, 1.54) is 18.9 Å². The standard InChI is InChI=1S/C18H20ClFN2/c19-15-5-4-14(18(20)12-15)11-17-3-1-2-16(22-17)10-13-6-8-21-9-7-13/h1-5,12-13,21H,6-11H2. The summed E-state index contributed by atoms with van der Waals surface area (Å²) in [5, 5.41) is 3.81. The van der Waals surface area contributed by atoms with E-state index in [0.29, 0.717) is 22.9 Å². The Balaban J connectivity index is 1.70. The van der Waals surface area contributed by atoms with E-state index in [9.17, 15) is 4.39 Å². The van der Waals surface area contributed by atoms with Gasteiger partial charge in [-0.25, -0.2) is 4.39 Å². The highest BCUT2D eigenvalue weighted by molar-refractivity contribution is 6.30. The quantitative estimate of drug-likeness (QED) is 0.921. The van der Waals surface area contributed by atoms with E-state index in [4.69, 9.17) is 16.6 Å². The van der Waals surface area contributed by atoms with Crippen LogP contribution in [0.15, 0.2) is 36.4 Å². The summed E-state index contributed by atoms with van der Waals surface area (Å²) in [7, 11) is 0. The molecule has 116 valence electrons. The van der Waals surface area contributed by atoms with Gasteiger partial charge in [0.15, 0.2) is 0 Å². The second kappa shape index (κ2) is 7.21. The number of rotatable bonds is 4. The number of piperidine rings is 1. The van der Waals surface area contributed by atoms with Gasteiger partial charge in [-0.15, -0.1) is 0 Å². The van der Waals surface area contributed by atoms with Crippen molar-refractivity contribution in [3.05, 3.63) is 64.2 Å². The Kier molecular flexibility index (Phi) is 5.06. The Bertz CT molecular complexity index is 639. The summed E-state index contributed by atoms with van der Waals surface area (Å²) in [4.78, 5) is 4.71. The highest BCUT2D eigenvalue weighted by Crippen LogP contribution is 2.19. The molecule has 1 saturated heterocycles. The van der Waals surface area contributed by atoms with Crippen LogP contribution in [-0.4, -0.2) is 18.1 Å². The summed E-state index contributed by atoms with van der Waals surface area (Å²) in [6, 6.07) is 10.9. The van der Waals surface area contributed by atoms with Crippen LogP contribution in [0.1, 0.15) is 29.8 Å². The predicted molar refractivity (Wildman–Crippen MR) is 87.8 cm³/mol. The molecule has 22 heavy (non-hydrogen) atoms. The van der Waals surface area contributed by atoms with Crippen molar-refractivity contribution in [2.24, 2.45) is 5.92 Å². The minimum absolute atomic E-state index is 0.266. The van der Waals surface area contributed by atoms with Crippen molar-refractivity contribution in [1.29, 1.82) is 0 Å². The molecule has 0 atom stereocenters. The second-order valence-corrected chi connectivity index (χ2v) is 6.37. The van der Waals surface area contributed by atoms with Crippen molar-refractivity contribution < 1.29 is 4.39 Å². The lowest BCUT2D eigenvalue weighted by Gasteiger charge is -2.22. The van der Waals surface area contributed by atoms with Crippen molar-refractivity contribution in [1.82, 2.24) is 10.3 Å². The van der Waals surface area contributed by atoms with Crippen LogP contribution in [0, 0.1) is 11.7 Å². The van der Waals surface area contributed by atoms with Gasteiger partial charge >= 0.3 is 0 Å². The fraction of sp³-hybridized carbons (Fsp3) is 0.389. The smallest absolute Gasteiger partial charge is 0.128 e. The largest absolute Gasteiger partial charge is 0.317 e. The van der Waals surface area contributed by atoms with Gasteiger partial charge in [0.2, 0.25) is 0 Å². The third-order valence-corrected chi connectivity index (χ3v) is 4.44. The average Bonchev–Trinajstić information content (AvgIpc) is 2.52. The van der Waals surface area contributed by atoms with Crippen LogP contribution in [0.2, 0.25) is 5.02 Å². The van der Waals surface area contributed by atoms with Crippen LogP contribution in [0.3, 0.4) is 0 Å². The molecule has 1 aliphatic heterocycles. The number of nitrogens with one attached hydrogen (secondary N) is 1. The van der Waals surface area contributed by atoms with Crippen molar-refractivity contribution in [2.45, 2.75) is 25.7 Å². The molecular weight excluding hydrogens is 299 g/mol. The summed E-state index contributed by atoms with van der Waals surface area (Å²) in [6.07, 6.45) is 3.93. The molecule has 2 heterocycles. The van der Waals surface area contributed by atoms with Gasteiger partial charge < -0.3 is 5.32 Å². The first kappa shape index (κ1) is 15.4. The maximum absolute atomic E-state index is 13.9. The lowest BCUT2D eigenvalue weighted by Crippen LogP contribution is -2.28. The Morgan fingerprint density at radius 2 is 1.91 bits per heavy atom. The van der Waals surface area contributed by atoms with E-state index in [1.54, 1.807) is 12.1 Å². The highest BCUT2D eigenvalue weighted by Gasteiger charge is 2.14. The summed E-state index contributed by atoms with van der Waals surface area (Å²) >= 11 is 5.79. The molecular formula is C18H20ClFN2. The molecule has 2 aromatic rings.